The standard InChI is InChI=1S/C13H14O2S2/c14-11(5-9-1-3-15-7-9)13-6-10-8-16-4-2-12(10)17-13/h1,3,6-7,11,14H,2,4-5,8H2. The summed E-state index contributed by atoms with van der Waals surface area (Å²) in [6, 6.07) is 4.09. The highest BCUT2D eigenvalue weighted by Crippen LogP contribution is 2.35. The van der Waals surface area contributed by atoms with Crippen LogP contribution in [-0.4, -0.2) is 10.9 Å². The third-order valence-electron chi connectivity index (χ3n) is 2.98. The molecular formula is C13H14O2S2. The lowest BCUT2D eigenvalue weighted by molar-refractivity contribution is 0.182. The first-order valence-corrected chi connectivity index (χ1v) is 7.68. The molecule has 1 unspecified atom stereocenters. The number of thioether (sulfide) groups is 1. The summed E-state index contributed by atoms with van der Waals surface area (Å²) >= 11 is 3.75. The lowest BCUT2D eigenvalue weighted by Gasteiger charge is -2.08. The van der Waals surface area contributed by atoms with E-state index in [1.165, 1.54) is 16.2 Å². The first-order chi connectivity index (χ1) is 8.33. The Morgan fingerprint density at radius 3 is 3.18 bits per heavy atom. The van der Waals surface area contributed by atoms with E-state index >= 15 is 0 Å². The van der Waals surface area contributed by atoms with E-state index in [0.29, 0.717) is 6.42 Å². The zero-order valence-electron chi connectivity index (χ0n) is 9.39. The SMILES string of the molecule is OC(Cc1ccoc1)c1cc2c(s1)CCSC2. The molecule has 2 aromatic rings. The molecule has 0 amide bonds. The van der Waals surface area contributed by atoms with Gasteiger partial charge in [0, 0.05) is 21.9 Å². The van der Waals surface area contributed by atoms with Crippen molar-refractivity contribution >= 4 is 23.1 Å². The normalized spacial score (nSPS) is 16.8. The summed E-state index contributed by atoms with van der Waals surface area (Å²) in [5.41, 5.74) is 2.48. The number of hydrogen-bond acceptors (Lipinski definition) is 4. The van der Waals surface area contributed by atoms with Gasteiger partial charge in [0.2, 0.25) is 0 Å². The number of fused-ring (bicyclic) bond motifs is 1. The smallest absolute Gasteiger partial charge is 0.0935 e. The Bertz CT molecular complexity index is 464. The van der Waals surface area contributed by atoms with Gasteiger partial charge in [-0.25, -0.2) is 0 Å². The molecule has 1 aliphatic rings. The Labute approximate surface area is 109 Å². The van der Waals surface area contributed by atoms with E-state index < -0.39 is 6.10 Å². The van der Waals surface area contributed by atoms with Gasteiger partial charge in [-0.05, 0) is 35.4 Å². The molecule has 0 aliphatic carbocycles. The van der Waals surface area contributed by atoms with Gasteiger partial charge in [-0.2, -0.15) is 11.8 Å². The van der Waals surface area contributed by atoms with Crippen LogP contribution in [0.5, 0.6) is 0 Å². The molecule has 4 heteroatoms. The predicted octanol–water partition coefficient (Wildman–Crippen LogP) is 3.41. The summed E-state index contributed by atoms with van der Waals surface area (Å²) in [4.78, 5) is 2.56. The summed E-state index contributed by atoms with van der Waals surface area (Å²) < 4.78 is 5.02. The van der Waals surface area contributed by atoms with E-state index in [9.17, 15) is 5.11 Å². The Morgan fingerprint density at radius 2 is 2.41 bits per heavy atom. The molecule has 0 saturated carbocycles. The number of rotatable bonds is 3. The van der Waals surface area contributed by atoms with Crippen LogP contribution in [0.25, 0.3) is 0 Å². The van der Waals surface area contributed by atoms with Gasteiger partial charge in [0.25, 0.3) is 0 Å². The van der Waals surface area contributed by atoms with E-state index in [2.05, 4.69) is 6.07 Å². The third kappa shape index (κ3) is 2.44. The van der Waals surface area contributed by atoms with E-state index in [1.807, 2.05) is 17.8 Å². The second-order valence-corrected chi connectivity index (χ2v) is 6.52. The monoisotopic (exact) mass is 266 g/mol. The molecule has 1 atom stereocenters. The summed E-state index contributed by atoms with van der Waals surface area (Å²) in [6.45, 7) is 0. The molecule has 0 saturated heterocycles. The molecule has 3 rings (SSSR count). The lowest BCUT2D eigenvalue weighted by atomic mass is 10.1. The fourth-order valence-electron chi connectivity index (χ4n) is 2.07. The van der Waals surface area contributed by atoms with Gasteiger partial charge in [0.05, 0.1) is 18.6 Å². The van der Waals surface area contributed by atoms with Crippen molar-refractivity contribution in [3.63, 3.8) is 0 Å². The van der Waals surface area contributed by atoms with Crippen LogP contribution in [0.3, 0.4) is 0 Å². The van der Waals surface area contributed by atoms with Crippen molar-refractivity contribution in [2.45, 2.75) is 24.7 Å². The van der Waals surface area contributed by atoms with Gasteiger partial charge in [-0.1, -0.05) is 0 Å². The number of aliphatic hydroxyl groups excluding tert-OH is 1. The van der Waals surface area contributed by atoms with Gasteiger partial charge in [0.1, 0.15) is 0 Å². The summed E-state index contributed by atoms with van der Waals surface area (Å²) in [7, 11) is 0. The van der Waals surface area contributed by atoms with Gasteiger partial charge < -0.3 is 9.52 Å². The molecule has 0 bridgehead atoms. The van der Waals surface area contributed by atoms with Crippen LogP contribution in [0.2, 0.25) is 0 Å². The van der Waals surface area contributed by atoms with Gasteiger partial charge in [-0.3, -0.25) is 0 Å². The summed E-state index contributed by atoms with van der Waals surface area (Å²) in [5.74, 6) is 2.31. The molecule has 2 nitrogen and oxygen atoms in total. The number of hydrogen-bond donors (Lipinski definition) is 1. The van der Waals surface area contributed by atoms with Crippen molar-refractivity contribution in [3.05, 3.63) is 45.5 Å². The number of thiophene rings is 1. The quantitative estimate of drug-likeness (QED) is 0.924. The van der Waals surface area contributed by atoms with Crippen LogP contribution in [0.1, 0.15) is 27.0 Å². The highest BCUT2D eigenvalue weighted by molar-refractivity contribution is 7.98. The largest absolute Gasteiger partial charge is 0.472 e. The van der Waals surface area contributed by atoms with Crippen LogP contribution < -0.4 is 0 Å². The average Bonchev–Trinajstić information content (AvgIpc) is 2.96. The van der Waals surface area contributed by atoms with Crippen molar-refractivity contribution < 1.29 is 9.52 Å². The van der Waals surface area contributed by atoms with Gasteiger partial charge in [0.15, 0.2) is 0 Å². The maximum Gasteiger partial charge on any atom is 0.0935 e. The molecule has 0 fully saturated rings. The molecular weight excluding hydrogens is 252 g/mol. The molecule has 3 heterocycles. The van der Waals surface area contributed by atoms with Gasteiger partial charge in [-0.15, -0.1) is 11.3 Å². The van der Waals surface area contributed by atoms with Crippen LogP contribution >= 0.6 is 23.1 Å². The number of aliphatic hydroxyl groups is 1. The minimum absolute atomic E-state index is 0.395. The molecule has 1 N–H and O–H groups in total. The van der Waals surface area contributed by atoms with Crippen LogP contribution in [0.15, 0.2) is 29.1 Å². The Kier molecular flexibility index (Phi) is 3.27. The Morgan fingerprint density at radius 1 is 1.47 bits per heavy atom. The Balaban J connectivity index is 1.77. The highest BCUT2D eigenvalue weighted by Gasteiger charge is 2.18. The third-order valence-corrected chi connectivity index (χ3v) is 5.33. The summed E-state index contributed by atoms with van der Waals surface area (Å²) in [5, 5.41) is 10.2. The maximum absolute atomic E-state index is 10.2. The van der Waals surface area contributed by atoms with Crippen molar-refractivity contribution in [1.29, 1.82) is 0 Å². The van der Waals surface area contributed by atoms with Crippen LogP contribution in [0, 0.1) is 0 Å². The molecule has 0 aromatic carbocycles. The maximum atomic E-state index is 10.2. The zero-order chi connectivity index (χ0) is 11.7. The number of aryl methyl sites for hydroxylation is 1. The van der Waals surface area contributed by atoms with Crippen molar-refractivity contribution in [2.75, 3.05) is 5.75 Å². The minimum Gasteiger partial charge on any atom is -0.472 e. The van der Waals surface area contributed by atoms with Gasteiger partial charge >= 0.3 is 0 Å². The highest BCUT2D eigenvalue weighted by atomic mass is 32.2. The van der Waals surface area contributed by atoms with Crippen molar-refractivity contribution in [1.82, 2.24) is 0 Å². The van der Waals surface area contributed by atoms with Crippen molar-refractivity contribution in [2.24, 2.45) is 0 Å². The van der Waals surface area contributed by atoms with Crippen LogP contribution in [-0.2, 0) is 18.6 Å². The number of furan rings is 1. The minimum atomic E-state index is -0.395. The molecule has 1 aliphatic heterocycles. The first kappa shape index (κ1) is 11.4. The molecule has 90 valence electrons. The molecule has 0 radical (unpaired) electrons. The first-order valence-electron chi connectivity index (χ1n) is 5.71. The van der Waals surface area contributed by atoms with E-state index in [1.54, 1.807) is 23.9 Å². The second-order valence-electron chi connectivity index (χ2n) is 4.25. The lowest BCUT2D eigenvalue weighted by Crippen LogP contribution is -1.98. The molecule has 0 spiro atoms. The molecule has 17 heavy (non-hydrogen) atoms. The van der Waals surface area contributed by atoms with E-state index in [4.69, 9.17) is 4.42 Å². The average molecular weight is 266 g/mol. The van der Waals surface area contributed by atoms with E-state index in [0.717, 1.165) is 22.6 Å². The fraction of sp³-hybridized carbons (Fsp3) is 0.385. The fourth-order valence-corrected chi connectivity index (χ4v) is 4.43. The van der Waals surface area contributed by atoms with E-state index in [-0.39, 0.29) is 0 Å². The summed E-state index contributed by atoms with van der Waals surface area (Å²) in [6.07, 6.45) is 4.75. The van der Waals surface area contributed by atoms with Crippen LogP contribution in [0.4, 0.5) is 0 Å². The molecule has 2 aromatic heterocycles. The Hall–Kier alpha value is -0.710. The topological polar surface area (TPSA) is 33.4 Å². The predicted molar refractivity (Wildman–Crippen MR) is 71.6 cm³/mol. The zero-order valence-corrected chi connectivity index (χ0v) is 11.0. The second kappa shape index (κ2) is 4.88. The van der Waals surface area contributed by atoms with Crippen molar-refractivity contribution in [3.8, 4) is 0 Å².